The minimum Gasteiger partial charge on any atom is -0.494 e. The van der Waals surface area contributed by atoms with Gasteiger partial charge in [0.05, 0.1) is 12.2 Å². The van der Waals surface area contributed by atoms with Crippen LogP contribution >= 0.6 is 11.8 Å². The minimum atomic E-state index is -0.356. The molecule has 4 rings (SSSR count). The first-order valence-electron chi connectivity index (χ1n) is 10.3. The zero-order valence-electron chi connectivity index (χ0n) is 17.8. The fourth-order valence-electron chi connectivity index (χ4n) is 3.85. The number of nitrogens with zero attached hydrogens (tertiary/aromatic N) is 2. The van der Waals surface area contributed by atoms with E-state index in [1.807, 2.05) is 54.9 Å². The molecule has 1 aromatic heterocycles. The van der Waals surface area contributed by atoms with Crippen molar-refractivity contribution in [2.24, 2.45) is 7.05 Å². The van der Waals surface area contributed by atoms with Crippen LogP contribution in [0, 0.1) is 6.92 Å². The average molecular weight is 436 g/mol. The maximum Gasteiger partial charge on any atom is 0.279 e. The zero-order valence-corrected chi connectivity index (χ0v) is 18.7. The summed E-state index contributed by atoms with van der Waals surface area (Å²) in [6, 6.07) is 15.7. The molecule has 2 aromatic carbocycles. The van der Waals surface area contributed by atoms with E-state index in [0.29, 0.717) is 28.9 Å². The maximum atomic E-state index is 13.1. The highest BCUT2D eigenvalue weighted by atomic mass is 32.2. The molecule has 0 saturated carbocycles. The molecular formula is C24H25N3O3S. The van der Waals surface area contributed by atoms with E-state index >= 15 is 0 Å². The predicted molar refractivity (Wildman–Crippen MR) is 123 cm³/mol. The summed E-state index contributed by atoms with van der Waals surface area (Å²) in [5.41, 5.74) is 3.49. The van der Waals surface area contributed by atoms with Crippen LogP contribution in [-0.4, -0.2) is 22.1 Å². The number of benzene rings is 2. The van der Waals surface area contributed by atoms with Crippen LogP contribution in [0.4, 0.5) is 5.82 Å². The summed E-state index contributed by atoms with van der Waals surface area (Å²) in [7, 11) is 1.84. The van der Waals surface area contributed by atoms with Gasteiger partial charge in [-0.1, -0.05) is 48.2 Å². The Morgan fingerprint density at radius 1 is 1.19 bits per heavy atom. The Bertz CT molecular complexity index is 1190. The number of rotatable bonds is 6. The summed E-state index contributed by atoms with van der Waals surface area (Å²) in [4.78, 5) is 30.0. The van der Waals surface area contributed by atoms with Crippen LogP contribution in [0.25, 0.3) is 0 Å². The molecule has 0 unspecified atom stereocenters. The molecule has 31 heavy (non-hydrogen) atoms. The van der Waals surface area contributed by atoms with Crippen LogP contribution in [0.5, 0.6) is 5.75 Å². The van der Waals surface area contributed by atoms with Gasteiger partial charge in [0.2, 0.25) is 5.91 Å². The Labute approximate surface area is 185 Å². The molecule has 3 aromatic rings. The largest absolute Gasteiger partial charge is 0.494 e. The second kappa shape index (κ2) is 8.98. The van der Waals surface area contributed by atoms with Gasteiger partial charge in [-0.2, -0.15) is 4.98 Å². The monoisotopic (exact) mass is 435 g/mol. The van der Waals surface area contributed by atoms with E-state index in [1.54, 1.807) is 0 Å². The van der Waals surface area contributed by atoms with Crippen molar-refractivity contribution < 1.29 is 9.53 Å². The number of hydrogen-bond donors (Lipinski definition) is 1. The summed E-state index contributed by atoms with van der Waals surface area (Å²) in [5, 5.41) is 3.48. The smallest absolute Gasteiger partial charge is 0.279 e. The van der Waals surface area contributed by atoms with Crippen molar-refractivity contribution in [1.82, 2.24) is 9.55 Å². The van der Waals surface area contributed by atoms with Gasteiger partial charge in [0, 0.05) is 25.1 Å². The number of carbonyl (C=O) groups excluding carboxylic acids is 1. The number of anilines is 1. The molecule has 160 valence electrons. The van der Waals surface area contributed by atoms with E-state index in [0.717, 1.165) is 11.3 Å². The first-order chi connectivity index (χ1) is 15.0. The van der Waals surface area contributed by atoms with Gasteiger partial charge < -0.3 is 14.6 Å². The molecule has 1 amide bonds. The first kappa shape index (κ1) is 21.2. The lowest BCUT2D eigenvalue weighted by atomic mass is 9.86. The molecule has 0 radical (unpaired) electrons. The second-order valence-corrected chi connectivity index (χ2v) is 8.49. The zero-order chi connectivity index (χ0) is 22.0. The summed E-state index contributed by atoms with van der Waals surface area (Å²) in [5.74, 6) is 1.47. The number of aromatic nitrogens is 2. The van der Waals surface area contributed by atoms with Crippen molar-refractivity contribution in [2.45, 2.75) is 37.1 Å². The second-order valence-electron chi connectivity index (χ2n) is 7.55. The van der Waals surface area contributed by atoms with Crippen molar-refractivity contribution in [3.8, 4) is 5.75 Å². The van der Waals surface area contributed by atoms with E-state index in [1.165, 1.54) is 22.9 Å². The number of aryl methyl sites for hydroxylation is 1. The van der Waals surface area contributed by atoms with Crippen LogP contribution in [-0.2, 0) is 17.6 Å². The van der Waals surface area contributed by atoms with E-state index in [-0.39, 0.29) is 23.8 Å². The van der Waals surface area contributed by atoms with E-state index in [4.69, 9.17) is 4.74 Å². The number of carbonyl (C=O) groups is 1. The highest BCUT2D eigenvalue weighted by Crippen LogP contribution is 2.37. The van der Waals surface area contributed by atoms with Gasteiger partial charge in [0.1, 0.15) is 11.6 Å². The Morgan fingerprint density at radius 3 is 2.77 bits per heavy atom. The Balaban J connectivity index is 1.71. The number of thioether (sulfide) groups is 1. The molecular weight excluding hydrogens is 410 g/mol. The molecule has 0 bridgehead atoms. The van der Waals surface area contributed by atoms with Crippen molar-refractivity contribution in [3.05, 3.63) is 81.1 Å². The number of ether oxygens (including phenoxy) is 1. The summed E-state index contributed by atoms with van der Waals surface area (Å²) >= 11 is 1.49. The standard InChI is InChI=1S/C24H25N3O3S/c1-4-30-18-11-7-10-16(12-18)19-13-20(28)25-22-21(19)23(29)26-24(27(22)3)31-14-17-9-6-5-8-15(17)2/h5-12,19H,4,13-14H2,1-3H3,(H,25,28)/t19-/m1/s1. The Kier molecular flexibility index (Phi) is 6.13. The van der Waals surface area contributed by atoms with Crippen LogP contribution in [0.15, 0.2) is 58.5 Å². The van der Waals surface area contributed by atoms with Crippen LogP contribution in [0.1, 0.15) is 41.5 Å². The van der Waals surface area contributed by atoms with Crippen molar-refractivity contribution in [2.75, 3.05) is 11.9 Å². The average Bonchev–Trinajstić information content (AvgIpc) is 2.76. The van der Waals surface area contributed by atoms with Crippen LogP contribution < -0.4 is 15.6 Å². The van der Waals surface area contributed by atoms with Crippen molar-refractivity contribution >= 4 is 23.5 Å². The molecule has 0 saturated heterocycles. The van der Waals surface area contributed by atoms with E-state index < -0.39 is 0 Å². The Morgan fingerprint density at radius 2 is 2.00 bits per heavy atom. The van der Waals surface area contributed by atoms with Crippen molar-refractivity contribution in [3.63, 3.8) is 0 Å². The lowest BCUT2D eigenvalue weighted by Gasteiger charge is -2.27. The number of nitrogens with one attached hydrogen (secondary N) is 1. The summed E-state index contributed by atoms with van der Waals surface area (Å²) in [6.45, 7) is 4.54. The number of fused-ring (bicyclic) bond motifs is 1. The molecule has 1 aliphatic rings. The van der Waals surface area contributed by atoms with Crippen LogP contribution in [0.2, 0.25) is 0 Å². The topological polar surface area (TPSA) is 73.2 Å². The van der Waals surface area contributed by atoms with Gasteiger partial charge in [-0.3, -0.25) is 9.59 Å². The SMILES string of the molecule is CCOc1cccc([C@H]2CC(=O)Nc3c2c(=O)nc(SCc2ccccc2C)n3C)c1. The predicted octanol–water partition coefficient (Wildman–Crippen LogP) is 4.25. The van der Waals surface area contributed by atoms with Gasteiger partial charge in [0.25, 0.3) is 5.56 Å². The molecule has 7 heteroatoms. The summed E-state index contributed by atoms with van der Waals surface area (Å²) in [6.07, 6.45) is 0.204. The third-order valence-corrected chi connectivity index (χ3v) is 6.57. The lowest BCUT2D eigenvalue weighted by Crippen LogP contribution is -2.33. The molecule has 0 spiro atoms. The molecule has 1 aliphatic heterocycles. The molecule has 1 atom stereocenters. The van der Waals surface area contributed by atoms with Gasteiger partial charge in [-0.15, -0.1) is 0 Å². The van der Waals surface area contributed by atoms with Crippen molar-refractivity contribution in [1.29, 1.82) is 0 Å². The van der Waals surface area contributed by atoms with E-state index in [2.05, 4.69) is 29.4 Å². The normalized spacial score (nSPS) is 15.3. The fourth-order valence-corrected chi connectivity index (χ4v) is 4.89. The van der Waals surface area contributed by atoms with Gasteiger partial charge >= 0.3 is 0 Å². The molecule has 0 fully saturated rings. The highest BCUT2D eigenvalue weighted by molar-refractivity contribution is 7.98. The molecule has 2 heterocycles. The third-order valence-electron chi connectivity index (χ3n) is 5.49. The Hall–Kier alpha value is -3.06. The summed E-state index contributed by atoms with van der Waals surface area (Å²) < 4.78 is 7.42. The number of amides is 1. The molecule has 1 N–H and O–H groups in total. The van der Waals surface area contributed by atoms with Gasteiger partial charge in [0.15, 0.2) is 5.16 Å². The van der Waals surface area contributed by atoms with Gasteiger partial charge in [-0.25, -0.2) is 0 Å². The molecule has 6 nitrogen and oxygen atoms in total. The third kappa shape index (κ3) is 4.37. The number of hydrogen-bond acceptors (Lipinski definition) is 5. The maximum absolute atomic E-state index is 13.1. The lowest BCUT2D eigenvalue weighted by molar-refractivity contribution is -0.116. The molecule has 0 aliphatic carbocycles. The first-order valence-corrected chi connectivity index (χ1v) is 11.3. The quantitative estimate of drug-likeness (QED) is 0.463. The van der Waals surface area contributed by atoms with Gasteiger partial charge in [-0.05, 0) is 42.7 Å². The highest BCUT2D eigenvalue weighted by Gasteiger charge is 2.32. The minimum absolute atomic E-state index is 0.115. The van der Waals surface area contributed by atoms with E-state index in [9.17, 15) is 9.59 Å². The van der Waals surface area contributed by atoms with Crippen LogP contribution in [0.3, 0.4) is 0 Å². The fraction of sp³-hybridized carbons (Fsp3) is 0.292.